The van der Waals surface area contributed by atoms with Crippen LogP contribution in [0, 0.1) is 10.1 Å². The average molecular weight is 394 g/mol. The van der Waals surface area contributed by atoms with Crippen molar-refractivity contribution in [3.8, 4) is 0 Å². The van der Waals surface area contributed by atoms with Gasteiger partial charge in [0.2, 0.25) is 0 Å². The molecule has 0 amide bonds. The SMILES string of the molecule is O=C(c1ccccc1)c1ccc(N2CCN(c3nccs3)CC2)c([N+](=O)[O-])c1. The molecule has 7 nitrogen and oxygen atoms in total. The van der Waals surface area contributed by atoms with Gasteiger partial charge < -0.3 is 9.80 Å². The maximum atomic E-state index is 12.6. The number of piperazine rings is 1. The summed E-state index contributed by atoms with van der Waals surface area (Å²) in [5.41, 5.74) is 1.35. The molecule has 1 aliphatic rings. The molecule has 0 aliphatic carbocycles. The summed E-state index contributed by atoms with van der Waals surface area (Å²) in [5.74, 6) is -0.219. The molecule has 0 saturated carbocycles. The summed E-state index contributed by atoms with van der Waals surface area (Å²) in [6.07, 6.45) is 1.78. The fraction of sp³-hybridized carbons (Fsp3) is 0.200. The van der Waals surface area contributed by atoms with Crippen LogP contribution >= 0.6 is 11.3 Å². The van der Waals surface area contributed by atoms with Gasteiger partial charge in [0.05, 0.1) is 4.92 Å². The average Bonchev–Trinajstić information content (AvgIpc) is 3.28. The van der Waals surface area contributed by atoms with Gasteiger partial charge in [-0.05, 0) is 12.1 Å². The zero-order valence-corrected chi connectivity index (χ0v) is 15.8. The molecule has 0 atom stereocenters. The Morgan fingerprint density at radius 3 is 2.36 bits per heavy atom. The minimum absolute atomic E-state index is 0.0375. The third-order valence-electron chi connectivity index (χ3n) is 4.78. The van der Waals surface area contributed by atoms with Gasteiger partial charge in [0.25, 0.3) is 5.69 Å². The van der Waals surface area contributed by atoms with Gasteiger partial charge in [0.1, 0.15) is 5.69 Å². The molecule has 0 radical (unpaired) electrons. The maximum Gasteiger partial charge on any atom is 0.293 e. The van der Waals surface area contributed by atoms with Crippen LogP contribution in [0.5, 0.6) is 0 Å². The molecule has 0 bridgehead atoms. The van der Waals surface area contributed by atoms with Crippen molar-refractivity contribution in [2.75, 3.05) is 36.0 Å². The number of aromatic nitrogens is 1. The number of rotatable bonds is 5. The van der Waals surface area contributed by atoms with Gasteiger partial charge in [0.15, 0.2) is 10.9 Å². The Labute approximate surface area is 166 Å². The largest absolute Gasteiger partial charge is 0.362 e. The Bertz CT molecular complexity index is 984. The van der Waals surface area contributed by atoms with Gasteiger partial charge in [-0.25, -0.2) is 4.98 Å². The molecule has 4 rings (SSSR count). The van der Waals surface area contributed by atoms with Crippen molar-refractivity contribution in [2.45, 2.75) is 0 Å². The number of nitro groups is 1. The summed E-state index contributed by atoms with van der Waals surface area (Å²) < 4.78 is 0. The van der Waals surface area contributed by atoms with Gasteiger partial charge in [-0.1, -0.05) is 30.3 Å². The van der Waals surface area contributed by atoms with Crippen LogP contribution in [0.3, 0.4) is 0 Å². The number of benzene rings is 2. The van der Waals surface area contributed by atoms with E-state index in [2.05, 4.69) is 9.88 Å². The Kier molecular flexibility index (Phi) is 5.03. The van der Waals surface area contributed by atoms with E-state index >= 15 is 0 Å². The maximum absolute atomic E-state index is 12.6. The molecule has 1 saturated heterocycles. The lowest BCUT2D eigenvalue weighted by molar-refractivity contribution is -0.384. The van der Waals surface area contributed by atoms with Crippen molar-refractivity contribution in [1.29, 1.82) is 0 Å². The molecular weight excluding hydrogens is 376 g/mol. The minimum Gasteiger partial charge on any atom is -0.362 e. The van der Waals surface area contributed by atoms with Crippen LogP contribution in [-0.2, 0) is 0 Å². The van der Waals surface area contributed by atoms with Crippen LogP contribution in [0.4, 0.5) is 16.5 Å². The molecule has 2 heterocycles. The van der Waals surface area contributed by atoms with Crippen LogP contribution in [-0.4, -0.2) is 41.9 Å². The van der Waals surface area contributed by atoms with Crippen molar-refractivity contribution in [1.82, 2.24) is 4.98 Å². The number of ketones is 1. The quantitative estimate of drug-likeness (QED) is 0.374. The van der Waals surface area contributed by atoms with E-state index in [-0.39, 0.29) is 11.5 Å². The van der Waals surface area contributed by atoms with Gasteiger partial charge in [-0.3, -0.25) is 14.9 Å². The van der Waals surface area contributed by atoms with E-state index in [1.807, 2.05) is 16.3 Å². The molecule has 0 unspecified atom stereocenters. The lowest BCUT2D eigenvalue weighted by Gasteiger charge is -2.35. The summed E-state index contributed by atoms with van der Waals surface area (Å²) in [5, 5.41) is 14.6. The van der Waals surface area contributed by atoms with Crippen molar-refractivity contribution in [3.05, 3.63) is 81.3 Å². The predicted octanol–water partition coefficient (Wildman–Crippen LogP) is 3.61. The fourth-order valence-electron chi connectivity index (χ4n) is 3.35. The summed E-state index contributed by atoms with van der Waals surface area (Å²) in [6.45, 7) is 2.81. The first-order valence-corrected chi connectivity index (χ1v) is 9.79. The number of nitrogens with zero attached hydrogens (tertiary/aromatic N) is 4. The smallest absolute Gasteiger partial charge is 0.293 e. The molecule has 1 aliphatic heterocycles. The highest BCUT2D eigenvalue weighted by Crippen LogP contribution is 2.31. The summed E-state index contributed by atoms with van der Waals surface area (Å²) >= 11 is 1.59. The molecule has 0 spiro atoms. The number of hydrogen-bond donors (Lipinski definition) is 0. The van der Waals surface area contributed by atoms with Crippen LogP contribution in [0.25, 0.3) is 0 Å². The fourth-order valence-corrected chi connectivity index (χ4v) is 4.04. The van der Waals surface area contributed by atoms with Gasteiger partial charge >= 0.3 is 0 Å². The van der Waals surface area contributed by atoms with Gasteiger partial charge in [-0.15, -0.1) is 11.3 Å². The number of carbonyl (C=O) groups excluding carboxylic acids is 1. The Morgan fingerprint density at radius 2 is 1.71 bits per heavy atom. The van der Waals surface area contributed by atoms with Gasteiger partial charge in [-0.2, -0.15) is 0 Å². The second-order valence-electron chi connectivity index (χ2n) is 6.44. The topological polar surface area (TPSA) is 79.6 Å². The minimum atomic E-state index is -0.412. The number of anilines is 2. The monoisotopic (exact) mass is 394 g/mol. The van der Waals surface area contributed by atoms with Crippen molar-refractivity contribution >= 4 is 33.6 Å². The van der Waals surface area contributed by atoms with E-state index in [1.165, 1.54) is 6.07 Å². The molecule has 28 heavy (non-hydrogen) atoms. The first-order chi connectivity index (χ1) is 13.6. The highest BCUT2D eigenvalue weighted by Gasteiger charge is 2.26. The zero-order valence-electron chi connectivity index (χ0n) is 15.0. The Morgan fingerprint density at radius 1 is 1.00 bits per heavy atom. The molecule has 1 aromatic heterocycles. The summed E-state index contributed by atoms with van der Waals surface area (Å²) in [4.78, 5) is 32.4. The van der Waals surface area contributed by atoms with Crippen LogP contribution < -0.4 is 9.80 Å². The molecule has 2 aromatic carbocycles. The van der Waals surface area contributed by atoms with E-state index < -0.39 is 4.92 Å². The normalized spacial score (nSPS) is 14.1. The predicted molar refractivity (Wildman–Crippen MR) is 110 cm³/mol. The second-order valence-corrected chi connectivity index (χ2v) is 7.32. The molecular formula is C20H18N4O3S. The number of carbonyl (C=O) groups is 1. The summed E-state index contributed by atoms with van der Waals surface area (Å²) in [7, 11) is 0. The van der Waals surface area contributed by atoms with Crippen LogP contribution in [0.2, 0.25) is 0 Å². The number of nitro benzene ring substituents is 1. The van der Waals surface area contributed by atoms with Gasteiger partial charge in [0, 0.05) is 54.9 Å². The first kappa shape index (κ1) is 18.1. The molecule has 3 aromatic rings. The molecule has 8 heteroatoms. The third-order valence-corrected chi connectivity index (χ3v) is 5.61. The Balaban J connectivity index is 1.56. The van der Waals surface area contributed by atoms with Crippen LogP contribution in [0.1, 0.15) is 15.9 Å². The molecule has 142 valence electrons. The van der Waals surface area contributed by atoms with Crippen molar-refractivity contribution < 1.29 is 9.72 Å². The lowest BCUT2D eigenvalue weighted by atomic mass is 10.0. The van der Waals surface area contributed by atoms with Crippen molar-refractivity contribution in [2.24, 2.45) is 0 Å². The number of thiazole rings is 1. The molecule has 0 N–H and O–H groups in total. The van der Waals surface area contributed by atoms with E-state index in [0.29, 0.717) is 29.9 Å². The van der Waals surface area contributed by atoms with E-state index in [1.54, 1.807) is 53.9 Å². The highest BCUT2D eigenvalue weighted by atomic mass is 32.1. The third kappa shape index (κ3) is 3.59. The zero-order chi connectivity index (χ0) is 19.5. The Hall–Kier alpha value is -3.26. The van der Waals surface area contributed by atoms with E-state index in [4.69, 9.17) is 0 Å². The molecule has 1 fully saturated rings. The van der Waals surface area contributed by atoms with E-state index in [0.717, 1.165) is 18.2 Å². The van der Waals surface area contributed by atoms with Crippen LogP contribution in [0.15, 0.2) is 60.1 Å². The standard InChI is InChI=1S/C20H18N4O3S/c25-19(15-4-2-1-3-5-15)16-6-7-17(18(14-16)24(26)27)22-9-11-23(12-10-22)20-21-8-13-28-20/h1-8,13-14H,9-12H2. The number of hydrogen-bond acceptors (Lipinski definition) is 7. The lowest BCUT2D eigenvalue weighted by Crippen LogP contribution is -2.46. The van der Waals surface area contributed by atoms with Crippen molar-refractivity contribution in [3.63, 3.8) is 0 Å². The highest BCUT2D eigenvalue weighted by molar-refractivity contribution is 7.13. The first-order valence-electron chi connectivity index (χ1n) is 8.91. The second kappa shape index (κ2) is 7.77. The van der Waals surface area contributed by atoms with E-state index in [9.17, 15) is 14.9 Å². The summed E-state index contributed by atoms with van der Waals surface area (Å²) in [6, 6.07) is 13.5.